The van der Waals surface area contributed by atoms with E-state index < -0.39 is 5.97 Å². The molecule has 6 heteroatoms. The van der Waals surface area contributed by atoms with Gasteiger partial charge in [-0.15, -0.1) is 0 Å². The molecule has 0 unspecified atom stereocenters. The van der Waals surface area contributed by atoms with Crippen LogP contribution in [-0.4, -0.2) is 41.5 Å². The summed E-state index contributed by atoms with van der Waals surface area (Å²) >= 11 is 0. The molecule has 5 rings (SSSR count). The summed E-state index contributed by atoms with van der Waals surface area (Å²) in [6, 6.07) is 20.8. The molecule has 1 amide bonds. The van der Waals surface area contributed by atoms with Gasteiger partial charge in [-0.25, -0.2) is 9.78 Å². The number of hydrogen-bond acceptors (Lipinski definition) is 5. The van der Waals surface area contributed by atoms with Crippen molar-refractivity contribution >= 4 is 33.7 Å². The summed E-state index contributed by atoms with van der Waals surface area (Å²) in [4.78, 5) is 31.5. The van der Waals surface area contributed by atoms with E-state index in [1.54, 1.807) is 11.0 Å². The number of benzene rings is 3. The van der Waals surface area contributed by atoms with E-state index in [2.05, 4.69) is 4.98 Å². The first-order valence-electron chi connectivity index (χ1n) is 10.5. The summed E-state index contributed by atoms with van der Waals surface area (Å²) in [5, 5.41) is 1.78. The number of ether oxygens (including phenoxy) is 1. The lowest BCUT2D eigenvalue weighted by Gasteiger charge is -2.30. The topological polar surface area (TPSA) is 72.6 Å². The second-order valence-corrected chi connectivity index (χ2v) is 7.78. The summed E-state index contributed by atoms with van der Waals surface area (Å²) in [7, 11) is 0. The van der Waals surface area contributed by atoms with Crippen LogP contribution in [0.2, 0.25) is 0 Å². The van der Waals surface area contributed by atoms with Crippen molar-refractivity contribution < 1.29 is 18.7 Å². The number of amides is 1. The maximum Gasteiger partial charge on any atom is 0.339 e. The van der Waals surface area contributed by atoms with Crippen LogP contribution < -0.4 is 0 Å². The first-order valence-corrected chi connectivity index (χ1v) is 10.5. The Morgan fingerprint density at radius 3 is 2.55 bits per heavy atom. The van der Waals surface area contributed by atoms with Crippen LogP contribution in [0.1, 0.15) is 35.0 Å². The SMILES string of the molecule is O=C(OCC(=O)N1CCC(c2nc3ccccc3o2)CC1)c1cccc2ccccc12. The van der Waals surface area contributed by atoms with Gasteiger partial charge in [0.2, 0.25) is 0 Å². The van der Waals surface area contributed by atoms with E-state index in [1.807, 2.05) is 60.7 Å². The predicted octanol–water partition coefficient (Wildman–Crippen LogP) is 4.54. The van der Waals surface area contributed by atoms with Crippen LogP contribution in [-0.2, 0) is 9.53 Å². The number of aromatic nitrogens is 1. The van der Waals surface area contributed by atoms with Crippen LogP contribution in [0.15, 0.2) is 71.1 Å². The first kappa shape index (κ1) is 19.3. The average Bonchev–Trinajstić information content (AvgIpc) is 3.26. The maximum absolute atomic E-state index is 12.6. The highest BCUT2D eigenvalue weighted by Crippen LogP contribution is 2.30. The summed E-state index contributed by atoms with van der Waals surface area (Å²) in [6.07, 6.45) is 1.55. The lowest BCUT2D eigenvalue weighted by Crippen LogP contribution is -2.40. The quantitative estimate of drug-likeness (QED) is 0.458. The monoisotopic (exact) mass is 414 g/mol. The highest BCUT2D eigenvalue weighted by molar-refractivity contribution is 6.04. The van der Waals surface area contributed by atoms with Crippen molar-refractivity contribution in [2.75, 3.05) is 19.7 Å². The van der Waals surface area contributed by atoms with Gasteiger partial charge >= 0.3 is 5.97 Å². The molecule has 1 saturated heterocycles. The predicted molar refractivity (Wildman–Crippen MR) is 117 cm³/mol. The van der Waals surface area contributed by atoms with Crippen LogP contribution in [0.3, 0.4) is 0 Å². The zero-order chi connectivity index (χ0) is 21.2. The fourth-order valence-electron chi connectivity index (χ4n) is 4.14. The molecular weight excluding hydrogens is 392 g/mol. The average molecular weight is 414 g/mol. The molecule has 1 aromatic heterocycles. The highest BCUT2D eigenvalue weighted by Gasteiger charge is 2.27. The fourth-order valence-corrected chi connectivity index (χ4v) is 4.14. The summed E-state index contributed by atoms with van der Waals surface area (Å²) < 4.78 is 11.2. The molecule has 0 aliphatic carbocycles. The maximum atomic E-state index is 12.6. The number of nitrogens with zero attached hydrogens (tertiary/aromatic N) is 2. The normalized spacial score (nSPS) is 14.8. The minimum absolute atomic E-state index is 0.176. The molecular formula is C25H22N2O4. The van der Waals surface area contributed by atoms with Crippen LogP contribution in [0.25, 0.3) is 21.9 Å². The van der Waals surface area contributed by atoms with Crippen molar-refractivity contribution in [2.24, 2.45) is 0 Å². The van der Waals surface area contributed by atoms with E-state index >= 15 is 0 Å². The molecule has 0 N–H and O–H groups in total. The van der Waals surface area contributed by atoms with Gasteiger partial charge in [0.1, 0.15) is 5.52 Å². The molecule has 0 spiro atoms. The minimum Gasteiger partial charge on any atom is -0.452 e. The highest BCUT2D eigenvalue weighted by atomic mass is 16.5. The summed E-state index contributed by atoms with van der Waals surface area (Å²) in [5.41, 5.74) is 2.12. The Bertz CT molecular complexity index is 1220. The minimum atomic E-state index is -0.480. The molecule has 3 aromatic carbocycles. The van der Waals surface area contributed by atoms with Crippen LogP contribution >= 0.6 is 0 Å². The number of piperidine rings is 1. The van der Waals surface area contributed by atoms with Crippen molar-refractivity contribution in [1.29, 1.82) is 0 Å². The van der Waals surface area contributed by atoms with Gasteiger partial charge < -0.3 is 14.1 Å². The molecule has 31 heavy (non-hydrogen) atoms. The van der Waals surface area contributed by atoms with Gasteiger partial charge in [0, 0.05) is 19.0 Å². The fraction of sp³-hybridized carbons (Fsp3) is 0.240. The Morgan fingerprint density at radius 2 is 1.71 bits per heavy atom. The number of esters is 1. The smallest absolute Gasteiger partial charge is 0.339 e. The van der Waals surface area contributed by atoms with Gasteiger partial charge in [-0.2, -0.15) is 0 Å². The first-order chi connectivity index (χ1) is 15.2. The van der Waals surface area contributed by atoms with Gasteiger partial charge in [-0.3, -0.25) is 4.79 Å². The number of fused-ring (bicyclic) bond motifs is 2. The van der Waals surface area contributed by atoms with Gasteiger partial charge in [-0.05, 0) is 41.8 Å². The Labute approximate surface area is 179 Å². The number of carbonyl (C=O) groups is 2. The molecule has 156 valence electrons. The molecule has 6 nitrogen and oxygen atoms in total. The number of oxazole rings is 1. The number of carbonyl (C=O) groups excluding carboxylic acids is 2. The van der Waals surface area contributed by atoms with Gasteiger partial charge in [0.15, 0.2) is 18.1 Å². The lowest BCUT2D eigenvalue weighted by molar-refractivity contribution is -0.135. The number of rotatable bonds is 4. The van der Waals surface area contributed by atoms with Crippen molar-refractivity contribution in [2.45, 2.75) is 18.8 Å². The van der Waals surface area contributed by atoms with E-state index in [0.717, 1.165) is 40.6 Å². The second-order valence-electron chi connectivity index (χ2n) is 7.78. The van der Waals surface area contributed by atoms with E-state index in [9.17, 15) is 9.59 Å². The molecule has 0 saturated carbocycles. The van der Waals surface area contributed by atoms with Crippen molar-refractivity contribution in [3.05, 3.63) is 78.2 Å². The second kappa shape index (κ2) is 8.22. The third-order valence-corrected chi connectivity index (χ3v) is 5.84. The van der Waals surface area contributed by atoms with Crippen LogP contribution in [0.4, 0.5) is 0 Å². The lowest BCUT2D eigenvalue weighted by atomic mass is 9.97. The summed E-state index contributed by atoms with van der Waals surface area (Å²) in [5.74, 6) is 0.265. The third kappa shape index (κ3) is 3.89. The Morgan fingerprint density at radius 1 is 0.968 bits per heavy atom. The largest absolute Gasteiger partial charge is 0.452 e. The molecule has 1 aliphatic heterocycles. The summed E-state index contributed by atoms with van der Waals surface area (Å²) in [6.45, 7) is 0.928. The van der Waals surface area contributed by atoms with E-state index in [4.69, 9.17) is 9.15 Å². The third-order valence-electron chi connectivity index (χ3n) is 5.84. The molecule has 2 heterocycles. The van der Waals surface area contributed by atoms with Gasteiger partial charge in [0.25, 0.3) is 5.91 Å². The molecule has 0 atom stereocenters. The van der Waals surface area contributed by atoms with E-state index in [1.165, 1.54) is 0 Å². The van der Waals surface area contributed by atoms with Crippen molar-refractivity contribution in [3.63, 3.8) is 0 Å². The molecule has 0 radical (unpaired) electrons. The zero-order valence-corrected chi connectivity index (χ0v) is 17.0. The van der Waals surface area contributed by atoms with E-state index in [-0.39, 0.29) is 18.4 Å². The van der Waals surface area contributed by atoms with E-state index in [0.29, 0.717) is 18.7 Å². The molecule has 0 bridgehead atoms. The van der Waals surface area contributed by atoms with Crippen LogP contribution in [0.5, 0.6) is 0 Å². The Hall–Kier alpha value is -3.67. The standard InChI is InChI=1S/C25H22N2O4/c28-23(16-30-25(29)20-9-5-7-17-6-1-2-8-19(17)20)27-14-12-18(13-15-27)24-26-21-10-3-4-11-22(21)31-24/h1-11,18H,12-16H2. The Balaban J connectivity index is 1.18. The van der Waals surface area contributed by atoms with Crippen molar-refractivity contribution in [3.8, 4) is 0 Å². The molecule has 4 aromatic rings. The zero-order valence-electron chi connectivity index (χ0n) is 17.0. The number of likely N-dealkylation sites (tertiary alicyclic amines) is 1. The van der Waals surface area contributed by atoms with Crippen molar-refractivity contribution in [1.82, 2.24) is 9.88 Å². The van der Waals surface area contributed by atoms with Crippen LogP contribution in [0, 0.1) is 0 Å². The Kier molecular flexibility index (Phi) is 5.12. The number of hydrogen-bond donors (Lipinski definition) is 0. The number of para-hydroxylation sites is 2. The van der Waals surface area contributed by atoms with Gasteiger partial charge in [0.05, 0.1) is 5.56 Å². The van der Waals surface area contributed by atoms with Gasteiger partial charge in [-0.1, -0.05) is 48.5 Å². The molecule has 1 aliphatic rings. The molecule has 1 fully saturated rings.